The highest BCUT2D eigenvalue weighted by Crippen LogP contribution is 2.33. The number of methoxy groups -OCH3 is 1. The van der Waals surface area contributed by atoms with Crippen LogP contribution in [0, 0.1) is 19.7 Å². The summed E-state index contributed by atoms with van der Waals surface area (Å²) in [7, 11) is 1.45. The first-order valence-corrected chi connectivity index (χ1v) is 6.51. The summed E-state index contributed by atoms with van der Waals surface area (Å²) in [6, 6.07) is 10.9. The Balaban J connectivity index is 2.41. The summed E-state index contributed by atoms with van der Waals surface area (Å²) < 4.78 is 18.6. The topological polar surface area (TPSA) is 9.23 Å². The van der Waals surface area contributed by atoms with Crippen LogP contribution in [0.4, 0.5) is 4.39 Å². The van der Waals surface area contributed by atoms with E-state index in [1.807, 2.05) is 32.0 Å². The van der Waals surface area contributed by atoms with E-state index in [0.29, 0.717) is 0 Å². The maximum absolute atomic E-state index is 13.7. The highest BCUT2D eigenvalue weighted by molar-refractivity contribution is 6.22. The smallest absolute Gasteiger partial charge is 0.165 e. The van der Waals surface area contributed by atoms with Crippen LogP contribution in [0.3, 0.4) is 0 Å². The molecule has 100 valence electrons. The quantitative estimate of drug-likeness (QED) is 0.734. The molecule has 2 rings (SSSR count). The zero-order valence-electron chi connectivity index (χ0n) is 11.2. The van der Waals surface area contributed by atoms with Gasteiger partial charge >= 0.3 is 0 Å². The molecule has 2 aromatic rings. The van der Waals surface area contributed by atoms with Crippen molar-refractivity contribution in [3.63, 3.8) is 0 Å². The third-order valence-corrected chi connectivity index (χ3v) is 3.66. The van der Waals surface area contributed by atoms with Gasteiger partial charge in [0.25, 0.3) is 0 Å². The number of aryl methyl sites for hydroxylation is 2. The normalized spacial score (nSPS) is 12.3. The molecule has 1 nitrogen and oxygen atoms in total. The Morgan fingerprint density at radius 2 is 1.84 bits per heavy atom. The van der Waals surface area contributed by atoms with E-state index in [0.717, 1.165) is 22.3 Å². The second-order valence-corrected chi connectivity index (χ2v) is 5.05. The zero-order chi connectivity index (χ0) is 14.0. The first kappa shape index (κ1) is 13.9. The third kappa shape index (κ3) is 2.90. The van der Waals surface area contributed by atoms with Gasteiger partial charge in [0, 0.05) is 0 Å². The van der Waals surface area contributed by atoms with E-state index in [2.05, 4.69) is 0 Å². The largest absolute Gasteiger partial charge is 0.494 e. The molecular weight excluding hydrogens is 263 g/mol. The standard InChI is InChI=1S/C16H16ClFO/c1-10-4-5-11(2)13(8-10)16(17)12-6-7-15(19-3)14(18)9-12/h4-9,16H,1-3H3. The molecule has 0 amide bonds. The highest BCUT2D eigenvalue weighted by Gasteiger charge is 2.15. The molecule has 0 aliphatic carbocycles. The van der Waals surface area contributed by atoms with Crippen molar-refractivity contribution in [3.8, 4) is 5.75 Å². The lowest BCUT2D eigenvalue weighted by Crippen LogP contribution is -1.98. The van der Waals surface area contributed by atoms with Gasteiger partial charge in [0.2, 0.25) is 0 Å². The molecule has 0 radical (unpaired) electrons. The highest BCUT2D eigenvalue weighted by atomic mass is 35.5. The van der Waals surface area contributed by atoms with Crippen molar-refractivity contribution < 1.29 is 9.13 Å². The van der Waals surface area contributed by atoms with Gasteiger partial charge in [-0.15, -0.1) is 11.6 Å². The monoisotopic (exact) mass is 278 g/mol. The van der Waals surface area contributed by atoms with Gasteiger partial charge in [-0.1, -0.05) is 29.8 Å². The molecule has 0 saturated carbocycles. The van der Waals surface area contributed by atoms with Gasteiger partial charge in [-0.3, -0.25) is 0 Å². The number of alkyl halides is 1. The minimum atomic E-state index is -0.393. The van der Waals surface area contributed by atoms with E-state index in [4.69, 9.17) is 16.3 Å². The SMILES string of the molecule is COc1ccc(C(Cl)c2cc(C)ccc2C)cc1F. The van der Waals surface area contributed by atoms with Gasteiger partial charge in [0.1, 0.15) is 0 Å². The molecule has 0 spiro atoms. The van der Waals surface area contributed by atoms with Gasteiger partial charge in [-0.05, 0) is 42.7 Å². The second-order valence-electron chi connectivity index (χ2n) is 4.62. The van der Waals surface area contributed by atoms with Crippen molar-refractivity contribution >= 4 is 11.6 Å². The van der Waals surface area contributed by atoms with E-state index >= 15 is 0 Å². The van der Waals surface area contributed by atoms with Gasteiger partial charge in [0.15, 0.2) is 11.6 Å². The van der Waals surface area contributed by atoms with Crippen molar-refractivity contribution in [1.29, 1.82) is 0 Å². The molecule has 2 aromatic carbocycles. The van der Waals surface area contributed by atoms with Gasteiger partial charge < -0.3 is 4.74 Å². The van der Waals surface area contributed by atoms with Crippen LogP contribution < -0.4 is 4.74 Å². The third-order valence-electron chi connectivity index (χ3n) is 3.18. The first-order valence-electron chi connectivity index (χ1n) is 6.07. The van der Waals surface area contributed by atoms with Crippen molar-refractivity contribution in [2.75, 3.05) is 7.11 Å². The Labute approximate surface area is 118 Å². The minimum Gasteiger partial charge on any atom is -0.494 e. The number of benzene rings is 2. The van der Waals surface area contributed by atoms with Crippen LogP contribution in [-0.2, 0) is 0 Å². The molecule has 3 heteroatoms. The molecule has 0 aromatic heterocycles. The van der Waals surface area contributed by atoms with E-state index in [1.54, 1.807) is 12.1 Å². The molecule has 0 N–H and O–H groups in total. The molecular formula is C16H16ClFO. The van der Waals surface area contributed by atoms with Crippen molar-refractivity contribution in [3.05, 3.63) is 64.5 Å². The molecule has 19 heavy (non-hydrogen) atoms. The Morgan fingerprint density at radius 1 is 1.11 bits per heavy atom. The van der Waals surface area contributed by atoms with Gasteiger partial charge in [-0.25, -0.2) is 4.39 Å². The lowest BCUT2D eigenvalue weighted by atomic mass is 9.98. The first-order chi connectivity index (χ1) is 9.02. The fourth-order valence-electron chi connectivity index (χ4n) is 2.05. The van der Waals surface area contributed by atoms with Crippen molar-refractivity contribution in [2.24, 2.45) is 0 Å². The maximum Gasteiger partial charge on any atom is 0.165 e. The Kier molecular flexibility index (Phi) is 4.11. The number of ether oxygens (including phenoxy) is 1. The van der Waals surface area contributed by atoms with E-state index in [9.17, 15) is 4.39 Å². The van der Waals surface area contributed by atoms with Gasteiger partial charge in [-0.2, -0.15) is 0 Å². The minimum absolute atomic E-state index is 0.230. The molecule has 0 bridgehead atoms. The Morgan fingerprint density at radius 3 is 2.47 bits per heavy atom. The number of hydrogen-bond donors (Lipinski definition) is 0. The number of halogens is 2. The molecule has 0 aliphatic heterocycles. The average molecular weight is 279 g/mol. The maximum atomic E-state index is 13.7. The van der Waals surface area contributed by atoms with Crippen LogP contribution in [-0.4, -0.2) is 7.11 Å². The number of hydrogen-bond acceptors (Lipinski definition) is 1. The fraction of sp³-hybridized carbons (Fsp3) is 0.250. The molecule has 1 unspecified atom stereocenters. The zero-order valence-corrected chi connectivity index (χ0v) is 12.0. The average Bonchev–Trinajstić information content (AvgIpc) is 2.40. The summed E-state index contributed by atoms with van der Waals surface area (Å²) in [5.41, 5.74) is 3.97. The van der Waals surface area contributed by atoms with Gasteiger partial charge in [0.05, 0.1) is 12.5 Å². The molecule has 0 fully saturated rings. The van der Waals surface area contributed by atoms with Crippen LogP contribution in [0.15, 0.2) is 36.4 Å². The van der Waals surface area contributed by atoms with Crippen molar-refractivity contribution in [2.45, 2.75) is 19.2 Å². The van der Waals surface area contributed by atoms with Crippen LogP contribution in [0.1, 0.15) is 27.6 Å². The van der Waals surface area contributed by atoms with E-state index < -0.39 is 5.82 Å². The predicted molar refractivity (Wildman–Crippen MR) is 76.6 cm³/mol. The summed E-state index contributed by atoms with van der Waals surface area (Å²) in [6.07, 6.45) is 0. The Bertz CT molecular complexity index is 595. The van der Waals surface area contributed by atoms with Crippen molar-refractivity contribution in [1.82, 2.24) is 0 Å². The molecule has 0 aliphatic rings. The van der Waals surface area contributed by atoms with Crippen LogP contribution in [0.25, 0.3) is 0 Å². The summed E-state index contributed by atoms with van der Waals surface area (Å²) in [5, 5.41) is -0.361. The summed E-state index contributed by atoms with van der Waals surface area (Å²) >= 11 is 6.47. The second kappa shape index (κ2) is 5.62. The van der Waals surface area contributed by atoms with Crippen LogP contribution in [0.5, 0.6) is 5.75 Å². The van der Waals surface area contributed by atoms with Crippen LogP contribution in [0.2, 0.25) is 0 Å². The lowest BCUT2D eigenvalue weighted by molar-refractivity contribution is 0.386. The van der Waals surface area contributed by atoms with Crippen LogP contribution >= 0.6 is 11.6 Å². The fourth-order valence-corrected chi connectivity index (χ4v) is 2.42. The van der Waals surface area contributed by atoms with E-state index in [1.165, 1.54) is 13.2 Å². The molecule has 1 atom stereocenters. The lowest BCUT2D eigenvalue weighted by Gasteiger charge is -2.15. The summed E-state index contributed by atoms with van der Waals surface area (Å²) in [5.74, 6) is -0.162. The van der Waals surface area contributed by atoms with E-state index in [-0.39, 0.29) is 11.1 Å². The predicted octanol–water partition coefficient (Wildman–Crippen LogP) is 4.78. The Hall–Kier alpha value is -1.54. The molecule has 0 saturated heterocycles. The summed E-state index contributed by atoms with van der Waals surface area (Å²) in [4.78, 5) is 0. The number of rotatable bonds is 3. The summed E-state index contributed by atoms with van der Waals surface area (Å²) in [6.45, 7) is 4.02. The molecule has 0 heterocycles.